The molecule has 0 saturated carbocycles. The van der Waals surface area contributed by atoms with Gasteiger partial charge >= 0.3 is 0 Å². The van der Waals surface area contributed by atoms with Gasteiger partial charge in [0.15, 0.2) is 0 Å². The largest absolute Gasteiger partial charge is 0.496 e. The van der Waals surface area contributed by atoms with Crippen molar-refractivity contribution in [3.8, 4) is 17.0 Å². The van der Waals surface area contributed by atoms with E-state index in [2.05, 4.69) is 21.9 Å². The second-order valence-corrected chi connectivity index (χ2v) is 8.33. The fraction of sp³-hybridized carbons (Fsp3) is 0.192. The fourth-order valence-electron chi connectivity index (χ4n) is 4.59. The highest BCUT2D eigenvalue weighted by atomic mass is 16.5. The Morgan fingerprint density at radius 1 is 1.22 bits per heavy atom. The molecule has 10 heteroatoms. The summed E-state index contributed by atoms with van der Waals surface area (Å²) >= 11 is 0. The van der Waals surface area contributed by atoms with Crippen molar-refractivity contribution in [3.05, 3.63) is 79.0 Å². The first kappa shape index (κ1) is 23.0. The zero-order chi connectivity index (χ0) is 25.2. The minimum Gasteiger partial charge on any atom is -0.496 e. The molecule has 0 spiro atoms. The van der Waals surface area contributed by atoms with Gasteiger partial charge in [0.05, 0.1) is 18.7 Å². The van der Waals surface area contributed by atoms with Crippen LogP contribution in [0.4, 0.5) is 11.6 Å². The molecule has 1 aliphatic heterocycles. The molecule has 10 nitrogen and oxygen atoms in total. The van der Waals surface area contributed by atoms with E-state index in [4.69, 9.17) is 15.5 Å². The molecule has 0 bridgehead atoms. The lowest BCUT2D eigenvalue weighted by Crippen LogP contribution is -2.29. The van der Waals surface area contributed by atoms with Gasteiger partial charge in [0.25, 0.3) is 5.91 Å². The molecule has 0 radical (unpaired) electrons. The molecule has 0 aliphatic carbocycles. The van der Waals surface area contributed by atoms with Crippen LogP contribution in [0.2, 0.25) is 0 Å². The quantitative estimate of drug-likeness (QED) is 0.402. The molecular formula is C26H25N7O3. The minimum atomic E-state index is -0.349. The molecule has 1 fully saturated rings. The minimum absolute atomic E-state index is 0.136. The van der Waals surface area contributed by atoms with E-state index in [1.807, 2.05) is 4.40 Å². The number of rotatable bonds is 6. The molecule has 4 aromatic rings. The molecule has 1 aromatic carbocycles. The average Bonchev–Trinajstić information content (AvgIpc) is 3.54. The Balaban J connectivity index is 1.57. The van der Waals surface area contributed by atoms with E-state index in [1.54, 1.807) is 59.9 Å². The maximum Gasteiger partial charge on any atom is 0.260 e. The Morgan fingerprint density at radius 2 is 2.08 bits per heavy atom. The maximum atomic E-state index is 12.9. The first-order valence-corrected chi connectivity index (χ1v) is 11.5. The first-order valence-electron chi connectivity index (χ1n) is 11.5. The molecule has 3 N–H and O–H groups in total. The molecule has 3 aromatic heterocycles. The van der Waals surface area contributed by atoms with Gasteiger partial charge in [-0.1, -0.05) is 18.7 Å². The molecule has 36 heavy (non-hydrogen) atoms. The lowest BCUT2D eigenvalue weighted by molar-refractivity contribution is -0.127. The summed E-state index contributed by atoms with van der Waals surface area (Å²) in [6, 6.07) is 10.3. The van der Waals surface area contributed by atoms with Crippen molar-refractivity contribution >= 4 is 29.0 Å². The van der Waals surface area contributed by atoms with Crippen LogP contribution in [0.25, 0.3) is 16.8 Å². The van der Waals surface area contributed by atoms with E-state index in [-0.39, 0.29) is 17.9 Å². The molecule has 182 valence electrons. The van der Waals surface area contributed by atoms with Gasteiger partial charge in [-0.25, -0.2) is 15.0 Å². The van der Waals surface area contributed by atoms with Crippen LogP contribution in [0.5, 0.6) is 5.75 Å². The molecule has 1 unspecified atom stereocenters. The highest BCUT2D eigenvalue weighted by Crippen LogP contribution is 2.37. The van der Waals surface area contributed by atoms with Crippen molar-refractivity contribution in [1.82, 2.24) is 24.3 Å². The molecule has 5 rings (SSSR count). The number of nitrogens with one attached hydrogen (secondary N) is 1. The lowest BCUT2D eigenvalue weighted by atomic mass is 10.1. The molecule has 4 heterocycles. The smallest absolute Gasteiger partial charge is 0.260 e. The summed E-state index contributed by atoms with van der Waals surface area (Å²) < 4.78 is 7.43. The van der Waals surface area contributed by atoms with Crippen molar-refractivity contribution in [2.24, 2.45) is 0 Å². The number of likely N-dealkylation sites (tertiary alicyclic amines) is 1. The Labute approximate surface area is 207 Å². The van der Waals surface area contributed by atoms with Crippen LogP contribution in [0, 0.1) is 0 Å². The van der Waals surface area contributed by atoms with Gasteiger partial charge in [0.2, 0.25) is 5.91 Å². The summed E-state index contributed by atoms with van der Waals surface area (Å²) in [6.07, 6.45) is 7.96. The van der Waals surface area contributed by atoms with Gasteiger partial charge in [-0.3, -0.25) is 14.0 Å². The average molecular weight is 484 g/mol. The highest BCUT2D eigenvalue weighted by molar-refractivity contribution is 6.06. The summed E-state index contributed by atoms with van der Waals surface area (Å²) in [7, 11) is 1.50. The van der Waals surface area contributed by atoms with Crippen molar-refractivity contribution in [2.45, 2.75) is 18.9 Å². The Bertz CT molecular complexity index is 1470. The number of hydrogen-bond donors (Lipinski definition) is 2. The predicted octanol–water partition coefficient (Wildman–Crippen LogP) is 3.48. The van der Waals surface area contributed by atoms with Gasteiger partial charge in [0, 0.05) is 30.7 Å². The summed E-state index contributed by atoms with van der Waals surface area (Å²) in [6.45, 7) is 4.26. The van der Waals surface area contributed by atoms with Crippen LogP contribution in [-0.2, 0) is 4.79 Å². The lowest BCUT2D eigenvalue weighted by Gasteiger charge is -2.22. The summed E-state index contributed by atoms with van der Waals surface area (Å²) in [5, 5.41) is 2.77. The third-order valence-electron chi connectivity index (χ3n) is 6.24. The molecule has 1 saturated heterocycles. The number of aromatic nitrogens is 4. The number of anilines is 2. The van der Waals surface area contributed by atoms with Gasteiger partial charge in [-0.05, 0) is 43.2 Å². The fourth-order valence-corrected chi connectivity index (χ4v) is 4.59. The number of carbonyl (C=O) groups is 2. The summed E-state index contributed by atoms with van der Waals surface area (Å²) in [5.74, 6) is 1.32. The number of nitrogen functional groups attached to an aromatic ring is 1. The number of fused-ring (bicyclic) bond motifs is 1. The number of nitrogens with zero attached hydrogens (tertiary/aromatic N) is 5. The molecular weight excluding hydrogens is 458 g/mol. The molecule has 2 amide bonds. The Hall–Kier alpha value is -4.73. The van der Waals surface area contributed by atoms with Crippen LogP contribution in [0.15, 0.2) is 67.6 Å². The number of nitrogens with two attached hydrogens (primary N) is 1. The first-order chi connectivity index (χ1) is 17.5. The van der Waals surface area contributed by atoms with Gasteiger partial charge in [-0.15, -0.1) is 0 Å². The Kier molecular flexibility index (Phi) is 6.07. The van der Waals surface area contributed by atoms with E-state index in [9.17, 15) is 9.59 Å². The maximum absolute atomic E-state index is 12.9. The third kappa shape index (κ3) is 4.02. The second-order valence-electron chi connectivity index (χ2n) is 8.33. The predicted molar refractivity (Wildman–Crippen MR) is 135 cm³/mol. The number of imidazole rings is 1. The van der Waals surface area contributed by atoms with Crippen molar-refractivity contribution in [1.29, 1.82) is 0 Å². The Morgan fingerprint density at radius 3 is 2.83 bits per heavy atom. The van der Waals surface area contributed by atoms with Gasteiger partial charge in [-0.2, -0.15) is 0 Å². The summed E-state index contributed by atoms with van der Waals surface area (Å²) in [4.78, 5) is 40.5. The normalized spacial score (nSPS) is 15.1. The van der Waals surface area contributed by atoms with Crippen LogP contribution in [0.1, 0.15) is 35.1 Å². The molecule has 1 atom stereocenters. The van der Waals surface area contributed by atoms with E-state index in [1.165, 1.54) is 13.2 Å². The van der Waals surface area contributed by atoms with Crippen LogP contribution >= 0.6 is 0 Å². The zero-order valence-electron chi connectivity index (χ0n) is 19.7. The van der Waals surface area contributed by atoms with Crippen LogP contribution in [0.3, 0.4) is 0 Å². The van der Waals surface area contributed by atoms with E-state index in [0.29, 0.717) is 52.1 Å². The second kappa shape index (κ2) is 9.49. The van der Waals surface area contributed by atoms with E-state index in [0.717, 1.165) is 12.8 Å². The van der Waals surface area contributed by atoms with Crippen molar-refractivity contribution < 1.29 is 14.3 Å². The number of ether oxygens (including phenoxy) is 1. The SMILES string of the molecule is C=CC(=O)N1CCCC1c1nc(-c2ccc(C(=O)Nc3ccccn3)c(OC)c2)c2c(N)nccn12. The third-order valence-corrected chi connectivity index (χ3v) is 6.24. The van der Waals surface area contributed by atoms with Gasteiger partial charge in [0.1, 0.15) is 34.4 Å². The number of amides is 2. The number of hydrogen-bond acceptors (Lipinski definition) is 7. The van der Waals surface area contributed by atoms with E-state index < -0.39 is 0 Å². The summed E-state index contributed by atoms with van der Waals surface area (Å²) in [5.41, 5.74) is 8.55. The number of benzene rings is 1. The molecule has 1 aliphatic rings. The standard InChI is InChI=1S/C26H25N7O3/c1-3-21(34)32-13-6-7-18(32)25-31-22(23-24(27)29-12-14-33(23)25)16-9-10-17(19(15-16)36-2)26(35)30-20-8-4-5-11-28-20/h3-5,8-12,14-15,18H,1,6-7,13H2,2H3,(H2,27,29)(H,28,30,35). The van der Waals surface area contributed by atoms with Crippen molar-refractivity contribution in [2.75, 3.05) is 24.7 Å². The van der Waals surface area contributed by atoms with Crippen LogP contribution < -0.4 is 15.8 Å². The topological polar surface area (TPSA) is 128 Å². The van der Waals surface area contributed by atoms with Gasteiger partial charge < -0.3 is 20.7 Å². The highest BCUT2D eigenvalue weighted by Gasteiger charge is 2.33. The number of pyridine rings is 1. The monoisotopic (exact) mass is 483 g/mol. The van der Waals surface area contributed by atoms with E-state index >= 15 is 0 Å². The number of carbonyl (C=O) groups excluding carboxylic acids is 2. The van der Waals surface area contributed by atoms with Crippen LogP contribution in [-0.4, -0.2) is 49.7 Å². The number of methoxy groups -OCH3 is 1. The van der Waals surface area contributed by atoms with Crippen molar-refractivity contribution in [3.63, 3.8) is 0 Å². The zero-order valence-corrected chi connectivity index (χ0v) is 19.7.